The van der Waals surface area contributed by atoms with Gasteiger partial charge in [-0.1, -0.05) is 0 Å². The molecule has 0 aromatic carbocycles. The Morgan fingerprint density at radius 3 is 1.08 bits per heavy atom. The van der Waals surface area contributed by atoms with Crippen molar-refractivity contribution in [1.82, 2.24) is 0 Å². The summed E-state index contributed by atoms with van der Waals surface area (Å²) in [4.78, 5) is 30.4. The molecule has 0 fully saturated rings. The van der Waals surface area contributed by atoms with E-state index in [1.54, 1.807) is 0 Å². The van der Waals surface area contributed by atoms with Crippen molar-refractivity contribution >= 4 is 69.3 Å². The van der Waals surface area contributed by atoms with Crippen LogP contribution in [0.1, 0.15) is 6.92 Å². The Kier molecular flexibility index (Phi) is 5.98. The molecule has 64 valence electrons. The molecule has 0 radical (unpaired) electrons. The van der Waals surface area contributed by atoms with Gasteiger partial charge in [0.05, 0.1) is 0 Å². The number of carbonyl (C=O) groups is 3. The molecule has 0 atom stereocenters. The van der Waals surface area contributed by atoms with Gasteiger partial charge in [-0.2, -0.15) is 0 Å². The summed E-state index contributed by atoms with van der Waals surface area (Å²) in [6, 6.07) is 0. The van der Waals surface area contributed by atoms with Crippen LogP contribution in [0.2, 0.25) is 0 Å². The monoisotopic (exact) mass is 202 g/mol. The van der Waals surface area contributed by atoms with Gasteiger partial charge < -0.3 is 15.3 Å². The average Bonchev–Trinajstić information content (AvgIpc) is 1.84. The summed E-state index contributed by atoms with van der Waals surface area (Å²) in [5.41, 5.74) is -2.75. The molecule has 0 aromatic rings. The summed E-state index contributed by atoms with van der Waals surface area (Å²) in [6.45, 7) is 0.611. The van der Waals surface area contributed by atoms with E-state index in [1.807, 2.05) is 0 Å². The zero-order chi connectivity index (χ0) is 9.23. The van der Waals surface area contributed by atoms with E-state index in [9.17, 15) is 14.4 Å². The van der Waals surface area contributed by atoms with Crippen molar-refractivity contribution in [3.8, 4) is 0 Å². The maximum absolute atomic E-state index is 10.1. The molecule has 0 heterocycles. The van der Waals surface area contributed by atoms with Crippen LogP contribution in [0.25, 0.3) is 0 Å². The predicted molar refractivity (Wildman–Crippen MR) is 38.2 cm³/mol. The SMILES string of the molecule is CC(C(=O)O)(C(=O)O)C(=O)O.[KH]. The molecule has 0 aromatic heterocycles. The molecule has 0 aliphatic heterocycles. The molecule has 0 unspecified atom stereocenters. The number of hydrogen-bond acceptors (Lipinski definition) is 3. The second kappa shape index (κ2) is 4.92. The first-order valence-corrected chi connectivity index (χ1v) is 2.53. The fraction of sp³-hybridized carbons (Fsp3) is 0.400. The van der Waals surface area contributed by atoms with Crippen LogP contribution in [0.15, 0.2) is 0 Å². The van der Waals surface area contributed by atoms with E-state index in [0.717, 1.165) is 0 Å². The first-order chi connectivity index (χ1) is 4.83. The van der Waals surface area contributed by atoms with Gasteiger partial charge in [-0.3, -0.25) is 14.4 Å². The predicted octanol–water partition coefficient (Wildman–Crippen LogP) is -1.40. The molecule has 0 rings (SSSR count). The van der Waals surface area contributed by atoms with Gasteiger partial charge in [0.25, 0.3) is 5.41 Å². The van der Waals surface area contributed by atoms with E-state index >= 15 is 0 Å². The first kappa shape index (κ1) is 14.6. The van der Waals surface area contributed by atoms with Gasteiger partial charge >= 0.3 is 69.3 Å². The molecule has 0 saturated carbocycles. The second-order valence-electron chi connectivity index (χ2n) is 2.04. The van der Waals surface area contributed by atoms with Crippen molar-refractivity contribution in [3.63, 3.8) is 0 Å². The van der Waals surface area contributed by atoms with Crippen molar-refractivity contribution in [2.24, 2.45) is 5.41 Å². The molecule has 7 heteroatoms. The molecule has 3 N–H and O–H groups in total. The normalized spacial score (nSPS) is 9.75. The quantitative estimate of drug-likeness (QED) is 0.383. The maximum atomic E-state index is 10.1. The van der Waals surface area contributed by atoms with Crippen molar-refractivity contribution in [1.29, 1.82) is 0 Å². The number of aliphatic carboxylic acids is 3. The van der Waals surface area contributed by atoms with Gasteiger partial charge in [0.2, 0.25) is 0 Å². The molecule has 6 nitrogen and oxygen atoms in total. The Balaban J connectivity index is 0. The molecular weight excluding hydrogens is 195 g/mol. The molecule has 0 spiro atoms. The summed E-state index contributed by atoms with van der Waals surface area (Å²) < 4.78 is 0. The molecule has 12 heavy (non-hydrogen) atoms. The van der Waals surface area contributed by atoms with E-state index in [-0.39, 0.29) is 51.4 Å². The minimum absolute atomic E-state index is 0. The summed E-state index contributed by atoms with van der Waals surface area (Å²) in [7, 11) is 0. The Bertz CT molecular complexity index is 186. The fourth-order valence-electron chi connectivity index (χ4n) is 0.274. The standard InChI is InChI=1S/C5H6O6.K.H/c1-5(2(6)7,3(8)9)4(10)11;;/h1H3,(H,6,7)(H,8,9)(H,10,11);;. The van der Waals surface area contributed by atoms with Crippen molar-refractivity contribution in [2.75, 3.05) is 0 Å². The fourth-order valence-corrected chi connectivity index (χ4v) is 0.274. The molecule has 0 aliphatic carbocycles. The first-order valence-electron chi connectivity index (χ1n) is 2.53. The molecule has 0 aliphatic rings. The number of carboxylic acids is 3. The van der Waals surface area contributed by atoms with Crippen LogP contribution >= 0.6 is 0 Å². The van der Waals surface area contributed by atoms with Crippen LogP contribution in [0.5, 0.6) is 0 Å². The Hall–Kier alpha value is 0.0464. The summed E-state index contributed by atoms with van der Waals surface area (Å²) >= 11 is 0. The van der Waals surface area contributed by atoms with Gasteiger partial charge in [-0.15, -0.1) is 0 Å². The van der Waals surface area contributed by atoms with Crippen molar-refractivity contribution in [3.05, 3.63) is 0 Å². The van der Waals surface area contributed by atoms with Gasteiger partial charge in [0.1, 0.15) is 0 Å². The van der Waals surface area contributed by atoms with Crippen molar-refractivity contribution in [2.45, 2.75) is 6.92 Å². The average molecular weight is 202 g/mol. The molecular formula is C5H7KO6. The minimum atomic E-state index is -2.75. The van der Waals surface area contributed by atoms with Gasteiger partial charge in [0, 0.05) is 0 Å². The Morgan fingerprint density at radius 2 is 1.08 bits per heavy atom. The number of hydrogen-bond donors (Lipinski definition) is 3. The van der Waals surface area contributed by atoms with Crippen LogP contribution < -0.4 is 0 Å². The van der Waals surface area contributed by atoms with Crippen LogP contribution in [0.4, 0.5) is 0 Å². The van der Waals surface area contributed by atoms with Gasteiger partial charge in [-0.05, 0) is 6.92 Å². The van der Waals surface area contributed by atoms with Crippen LogP contribution in [-0.2, 0) is 14.4 Å². The zero-order valence-electron chi connectivity index (χ0n) is 5.57. The van der Waals surface area contributed by atoms with Gasteiger partial charge in [0.15, 0.2) is 0 Å². The van der Waals surface area contributed by atoms with E-state index in [1.165, 1.54) is 0 Å². The molecule has 0 amide bonds. The van der Waals surface area contributed by atoms with E-state index in [2.05, 4.69) is 0 Å². The molecule has 0 bridgehead atoms. The van der Waals surface area contributed by atoms with E-state index < -0.39 is 23.3 Å². The number of carboxylic acid groups (broad SMARTS) is 3. The zero-order valence-corrected chi connectivity index (χ0v) is 5.57. The second-order valence-corrected chi connectivity index (χ2v) is 2.04. The third kappa shape index (κ3) is 2.52. The number of rotatable bonds is 3. The Morgan fingerprint density at radius 1 is 0.917 bits per heavy atom. The van der Waals surface area contributed by atoms with Crippen LogP contribution in [0, 0.1) is 5.41 Å². The molecule has 0 saturated heterocycles. The summed E-state index contributed by atoms with van der Waals surface area (Å²) in [5, 5.41) is 24.6. The van der Waals surface area contributed by atoms with Crippen LogP contribution in [-0.4, -0.2) is 84.6 Å². The third-order valence-electron chi connectivity index (χ3n) is 1.28. The summed E-state index contributed by atoms with van der Waals surface area (Å²) in [5.74, 6) is -5.67. The van der Waals surface area contributed by atoms with E-state index in [4.69, 9.17) is 15.3 Å². The Labute approximate surface area is 110 Å². The third-order valence-corrected chi connectivity index (χ3v) is 1.28. The summed E-state index contributed by atoms with van der Waals surface area (Å²) in [6.07, 6.45) is 0. The van der Waals surface area contributed by atoms with E-state index in [0.29, 0.717) is 6.92 Å². The van der Waals surface area contributed by atoms with Crippen molar-refractivity contribution < 1.29 is 29.7 Å². The van der Waals surface area contributed by atoms with Gasteiger partial charge in [-0.25, -0.2) is 0 Å². The van der Waals surface area contributed by atoms with Crippen LogP contribution in [0.3, 0.4) is 0 Å². The topological polar surface area (TPSA) is 112 Å².